The quantitative estimate of drug-likeness (QED) is 0.130. The van der Waals surface area contributed by atoms with Crippen molar-refractivity contribution in [2.24, 2.45) is 0 Å². The van der Waals surface area contributed by atoms with Gasteiger partial charge in [0, 0.05) is 6.54 Å². The molecule has 0 saturated heterocycles. The molecule has 0 amide bonds. The van der Waals surface area contributed by atoms with E-state index in [1.54, 1.807) is 0 Å². The summed E-state index contributed by atoms with van der Waals surface area (Å²) in [5, 5.41) is 0. The summed E-state index contributed by atoms with van der Waals surface area (Å²) in [6, 6.07) is 7.54. The molecule has 0 aromatic heterocycles. The summed E-state index contributed by atoms with van der Waals surface area (Å²) in [4.78, 5) is 25.6. The number of unbranched alkanes of at least 4 members (excludes halogenated alkanes) is 8. The van der Waals surface area contributed by atoms with Crippen molar-refractivity contribution in [3.05, 3.63) is 35.4 Å². The average molecular weight is 422 g/mol. The Morgan fingerprint density at radius 2 is 1.73 bits per heavy atom. The fraction of sp³-hybridized carbons (Fsp3) is 0.636. The van der Waals surface area contributed by atoms with E-state index in [1.807, 2.05) is 18.2 Å². The Bertz CT molecular complexity index is 575. The minimum absolute atomic E-state index is 0.133. The Kier molecular flexibility index (Phi) is 9.55. The summed E-state index contributed by atoms with van der Waals surface area (Å²) < 4.78 is 0. The van der Waals surface area contributed by atoms with E-state index in [-0.39, 0.29) is 10.7 Å². The lowest BCUT2D eigenvalue weighted by atomic mass is 10.0. The van der Waals surface area contributed by atoms with Gasteiger partial charge in [-0.2, -0.15) is 0 Å². The highest BCUT2D eigenvalue weighted by molar-refractivity contribution is 9.09. The maximum atomic E-state index is 12.2. The normalized spacial score (nSPS) is 17.8. The molecule has 1 aliphatic rings. The minimum Gasteiger partial charge on any atom is -0.295 e. The van der Waals surface area contributed by atoms with E-state index in [4.69, 9.17) is 0 Å². The highest BCUT2D eigenvalue weighted by Gasteiger charge is 2.37. The fourth-order valence-electron chi connectivity index (χ4n) is 3.84. The SMILES string of the molecule is CCCCCCCCCCCC(Br)N1Cc2ccccc2C1C(=O)C=O. The number of ketones is 1. The maximum Gasteiger partial charge on any atom is 0.216 e. The number of hydrogen-bond donors (Lipinski definition) is 0. The zero-order valence-electron chi connectivity index (χ0n) is 16.0. The summed E-state index contributed by atoms with van der Waals surface area (Å²) in [5.41, 5.74) is 2.14. The van der Waals surface area contributed by atoms with Crippen molar-refractivity contribution in [2.45, 2.75) is 88.7 Å². The Labute approximate surface area is 166 Å². The molecule has 0 saturated carbocycles. The van der Waals surface area contributed by atoms with Gasteiger partial charge in [0.1, 0.15) is 6.04 Å². The van der Waals surface area contributed by atoms with Crippen LogP contribution in [0, 0.1) is 0 Å². The third-order valence-electron chi connectivity index (χ3n) is 5.33. The summed E-state index contributed by atoms with van der Waals surface area (Å²) in [5.74, 6) is -0.341. The van der Waals surface area contributed by atoms with Crippen LogP contribution in [0.1, 0.15) is 88.3 Å². The number of halogens is 1. The van der Waals surface area contributed by atoms with Crippen molar-refractivity contribution in [1.82, 2.24) is 4.90 Å². The highest BCUT2D eigenvalue weighted by atomic mass is 79.9. The van der Waals surface area contributed by atoms with Crippen molar-refractivity contribution in [3.63, 3.8) is 0 Å². The number of aldehydes is 1. The van der Waals surface area contributed by atoms with Crippen LogP contribution in [0.15, 0.2) is 24.3 Å². The van der Waals surface area contributed by atoms with Crippen LogP contribution in [0.4, 0.5) is 0 Å². The molecule has 3 nitrogen and oxygen atoms in total. The smallest absolute Gasteiger partial charge is 0.216 e. The molecule has 0 fully saturated rings. The van der Waals surface area contributed by atoms with Gasteiger partial charge in [-0.3, -0.25) is 14.5 Å². The summed E-state index contributed by atoms with van der Waals surface area (Å²) in [7, 11) is 0. The molecule has 0 N–H and O–H groups in total. The lowest BCUT2D eigenvalue weighted by Gasteiger charge is -2.27. The monoisotopic (exact) mass is 421 g/mol. The van der Waals surface area contributed by atoms with Crippen LogP contribution < -0.4 is 0 Å². The minimum atomic E-state index is -0.424. The number of carbonyl (C=O) groups excluding carboxylic acids is 2. The molecule has 144 valence electrons. The van der Waals surface area contributed by atoms with E-state index in [2.05, 4.69) is 33.8 Å². The van der Waals surface area contributed by atoms with E-state index in [0.717, 1.165) is 30.5 Å². The van der Waals surface area contributed by atoms with Gasteiger partial charge < -0.3 is 0 Å². The predicted molar refractivity (Wildman–Crippen MR) is 110 cm³/mol. The number of rotatable bonds is 13. The van der Waals surface area contributed by atoms with Gasteiger partial charge in [0.2, 0.25) is 5.78 Å². The number of nitrogens with zero attached hydrogens (tertiary/aromatic N) is 1. The molecule has 2 rings (SSSR count). The third kappa shape index (κ3) is 6.02. The zero-order valence-corrected chi connectivity index (χ0v) is 17.5. The molecule has 0 radical (unpaired) electrons. The Hall–Kier alpha value is -1.00. The fourth-order valence-corrected chi connectivity index (χ4v) is 4.55. The first-order chi connectivity index (χ1) is 12.7. The Balaban J connectivity index is 1.74. The van der Waals surface area contributed by atoms with Gasteiger partial charge in [-0.1, -0.05) is 105 Å². The molecule has 1 aromatic rings. The molecule has 0 aliphatic carbocycles. The second-order valence-electron chi connectivity index (χ2n) is 7.35. The van der Waals surface area contributed by atoms with Crippen molar-refractivity contribution >= 4 is 28.0 Å². The van der Waals surface area contributed by atoms with Crippen LogP contribution in [0.25, 0.3) is 0 Å². The molecule has 1 aliphatic heterocycles. The maximum absolute atomic E-state index is 12.2. The second-order valence-corrected chi connectivity index (χ2v) is 8.40. The second kappa shape index (κ2) is 11.7. The number of hydrogen-bond acceptors (Lipinski definition) is 3. The first-order valence-corrected chi connectivity index (χ1v) is 11.1. The molecule has 1 aromatic carbocycles. The molecule has 2 atom stereocenters. The lowest BCUT2D eigenvalue weighted by molar-refractivity contribution is -0.133. The van der Waals surface area contributed by atoms with Crippen LogP contribution in [-0.4, -0.2) is 21.9 Å². The molecular formula is C22H32BrNO2. The van der Waals surface area contributed by atoms with Gasteiger partial charge in [0.15, 0.2) is 6.29 Å². The number of benzene rings is 1. The van der Waals surface area contributed by atoms with Crippen LogP contribution >= 0.6 is 15.9 Å². The van der Waals surface area contributed by atoms with Crippen molar-refractivity contribution < 1.29 is 9.59 Å². The number of Topliss-reactive ketones (excluding diaryl/α,β-unsaturated/α-hetero) is 1. The Morgan fingerprint density at radius 1 is 1.12 bits per heavy atom. The molecule has 1 heterocycles. The molecule has 2 unspecified atom stereocenters. The Morgan fingerprint density at radius 3 is 2.38 bits per heavy atom. The van der Waals surface area contributed by atoms with Gasteiger partial charge in [-0.15, -0.1) is 0 Å². The summed E-state index contributed by atoms with van der Waals surface area (Å²) in [6.45, 7) is 2.98. The van der Waals surface area contributed by atoms with Gasteiger partial charge in [0.05, 0.1) is 4.95 Å². The third-order valence-corrected chi connectivity index (χ3v) is 6.31. The van der Waals surface area contributed by atoms with Gasteiger partial charge in [-0.05, 0) is 17.5 Å². The van der Waals surface area contributed by atoms with Crippen molar-refractivity contribution in [1.29, 1.82) is 0 Å². The van der Waals surface area contributed by atoms with Gasteiger partial charge in [-0.25, -0.2) is 0 Å². The topological polar surface area (TPSA) is 37.4 Å². The number of alkyl halides is 1. The van der Waals surface area contributed by atoms with Gasteiger partial charge in [0.25, 0.3) is 0 Å². The molecule has 26 heavy (non-hydrogen) atoms. The summed E-state index contributed by atoms with van der Waals surface area (Å²) >= 11 is 3.77. The standard InChI is InChI=1S/C22H32BrNO2/c1-2-3-4-5-6-7-8-9-10-15-21(23)24-16-18-13-11-12-14-19(18)22(24)20(26)17-25/h11-14,17,21-22H,2-10,15-16H2,1H3. The molecular weight excluding hydrogens is 390 g/mol. The highest BCUT2D eigenvalue weighted by Crippen LogP contribution is 2.38. The lowest BCUT2D eigenvalue weighted by Crippen LogP contribution is -2.34. The van der Waals surface area contributed by atoms with Crippen LogP contribution in [0.3, 0.4) is 0 Å². The number of fused-ring (bicyclic) bond motifs is 1. The van der Waals surface area contributed by atoms with Gasteiger partial charge >= 0.3 is 0 Å². The van der Waals surface area contributed by atoms with Crippen LogP contribution in [0.2, 0.25) is 0 Å². The first-order valence-electron chi connectivity index (χ1n) is 10.2. The largest absolute Gasteiger partial charge is 0.295 e. The van der Waals surface area contributed by atoms with E-state index in [0.29, 0.717) is 6.29 Å². The number of carbonyl (C=O) groups is 2. The van der Waals surface area contributed by atoms with E-state index >= 15 is 0 Å². The average Bonchev–Trinajstić information content (AvgIpc) is 3.05. The van der Waals surface area contributed by atoms with Crippen LogP contribution in [0.5, 0.6) is 0 Å². The van der Waals surface area contributed by atoms with Crippen LogP contribution in [-0.2, 0) is 16.1 Å². The summed E-state index contributed by atoms with van der Waals surface area (Å²) in [6.07, 6.45) is 13.3. The first kappa shape index (κ1) is 21.3. The zero-order chi connectivity index (χ0) is 18.8. The van der Waals surface area contributed by atoms with E-state index in [9.17, 15) is 9.59 Å². The van der Waals surface area contributed by atoms with E-state index in [1.165, 1.54) is 51.4 Å². The van der Waals surface area contributed by atoms with Crippen molar-refractivity contribution in [2.75, 3.05) is 0 Å². The molecule has 0 spiro atoms. The van der Waals surface area contributed by atoms with Crippen molar-refractivity contribution in [3.8, 4) is 0 Å². The van der Waals surface area contributed by atoms with E-state index < -0.39 is 6.04 Å². The predicted octanol–water partition coefficient (Wildman–Crippen LogP) is 5.95. The molecule has 0 bridgehead atoms. The molecule has 4 heteroatoms.